The van der Waals surface area contributed by atoms with E-state index in [-0.39, 0.29) is 5.91 Å². The van der Waals surface area contributed by atoms with E-state index in [0.717, 1.165) is 5.56 Å². The van der Waals surface area contributed by atoms with Crippen LogP contribution in [-0.4, -0.2) is 17.9 Å². The normalized spacial score (nSPS) is 10.1. The third kappa shape index (κ3) is 3.23. The van der Waals surface area contributed by atoms with Gasteiger partial charge in [0.1, 0.15) is 11.5 Å². The van der Waals surface area contributed by atoms with E-state index in [1.54, 1.807) is 31.3 Å². The van der Waals surface area contributed by atoms with Gasteiger partial charge < -0.3 is 10.6 Å². The Labute approximate surface area is 116 Å². The predicted molar refractivity (Wildman–Crippen MR) is 77.9 cm³/mol. The molecular formula is C14H14ClN3O. The minimum absolute atomic E-state index is 0.287. The number of benzene rings is 1. The van der Waals surface area contributed by atoms with Crippen molar-refractivity contribution in [1.82, 2.24) is 4.98 Å². The standard InChI is InChI=1S/C14H14ClN3O/c1-9-6-7-10(15)12(8-9)18-14(19)11-4-3-5-13(16-2)17-11/h3-8H,1-2H3,(H,16,17)(H,18,19). The quantitative estimate of drug-likeness (QED) is 0.903. The minimum atomic E-state index is -0.287. The van der Waals surface area contributed by atoms with Gasteiger partial charge in [0.2, 0.25) is 0 Å². The van der Waals surface area contributed by atoms with Crippen molar-refractivity contribution in [2.45, 2.75) is 6.92 Å². The molecule has 0 unspecified atom stereocenters. The number of nitrogens with zero attached hydrogens (tertiary/aromatic N) is 1. The number of anilines is 2. The second kappa shape index (κ2) is 5.71. The van der Waals surface area contributed by atoms with Gasteiger partial charge in [-0.15, -0.1) is 0 Å². The van der Waals surface area contributed by atoms with E-state index in [2.05, 4.69) is 15.6 Å². The summed E-state index contributed by atoms with van der Waals surface area (Å²) < 4.78 is 0. The Bertz CT molecular complexity index is 613. The fraction of sp³-hybridized carbons (Fsp3) is 0.143. The van der Waals surface area contributed by atoms with E-state index in [1.165, 1.54) is 0 Å². The van der Waals surface area contributed by atoms with Crippen molar-refractivity contribution in [1.29, 1.82) is 0 Å². The van der Waals surface area contributed by atoms with Crippen LogP contribution in [0.1, 0.15) is 16.1 Å². The summed E-state index contributed by atoms with van der Waals surface area (Å²) in [5.74, 6) is 0.354. The first-order chi connectivity index (χ1) is 9.10. The van der Waals surface area contributed by atoms with Gasteiger partial charge in [-0.2, -0.15) is 0 Å². The van der Waals surface area contributed by atoms with Gasteiger partial charge in [0.05, 0.1) is 10.7 Å². The minimum Gasteiger partial charge on any atom is -0.373 e. The van der Waals surface area contributed by atoms with Crippen LogP contribution in [0.3, 0.4) is 0 Å². The van der Waals surface area contributed by atoms with Crippen LogP contribution in [0.5, 0.6) is 0 Å². The molecule has 0 atom stereocenters. The Morgan fingerprint density at radius 2 is 2.05 bits per heavy atom. The van der Waals surface area contributed by atoms with Gasteiger partial charge in [0, 0.05) is 7.05 Å². The van der Waals surface area contributed by atoms with Gasteiger partial charge in [-0.1, -0.05) is 23.7 Å². The number of carbonyl (C=O) groups is 1. The molecular weight excluding hydrogens is 262 g/mol. The highest BCUT2D eigenvalue weighted by atomic mass is 35.5. The second-order valence-electron chi connectivity index (χ2n) is 4.10. The number of aryl methyl sites for hydroxylation is 1. The summed E-state index contributed by atoms with van der Waals surface area (Å²) >= 11 is 6.04. The Morgan fingerprint density at radius 3 is 2.79 bits per heavy atom. The van der Waals surface area contributed by atoms with E-state index in [9.17, 15) is 4.79 Å². The van der Waals surface area contributed by atoms with Crippen molar-refractivity contribution in [2.75, 3.05) is 17.7 Å². The van der Waals surface area contributed by atoms with Crippen LogP contribution in [0.15, 0.2) is 36.4 Å². The van der Waals surface area contributed by atoms with E-state index < -0.39 is 0 Å². The molecule has 1 amide bonds. The zero-order valence-electron chi connectivity index (χ0n) is 10.7. The van der Waals surface area contributed by atoms with Crippen molar-refractivity contribution in [3.8, 4) is 0 Å². The molecule has 0 aliphatic carbocycles. The average Bonchev–Trinajstić information content (AvgIpc) is 2.43. The third-order valence-electron chi connectivity index (χ3n) is 2.61. The molecule has 5 heteroatoms. The summed E-state index contributed by atoms with van der Waals surface area (Å²) in [7, 11) is 1.75. The predicted octanol–water partition coefficient (Wildman–Crippen LogP) is 3.34. The smallest absolute Gasteiger partial charge is 0.274 e. The SMILES string of the molecule is CNc1cccc(C(=O)Nc2cc(C)ccc2Cl)n1. The highest BCUT2D eigenvalue weighted by molar-refractivity contribution is 6.33. The molecule has 0 saturated heterocycles. The molecule has 2 rings (SSSR count). The number of aromatic nitrogens is 1. The summed E-state index contributed by atoms with van der Waals surface area (Å²) in [6.45, 7) is 1.94. The first-order valence-corrected chi connectivity index (χ1v) is 6.20. The molecule has 0 aliphatic heterocycles. The van der Waals surface area contributed by atoms with Crippen LogP contribution in [-0.2, 0) is 0 Å². The molecule has 1 aromatic carbocycles. The van der Waals surface area contributed by atoms with Crippen LogP contribution in [0, 0.1) is 6.92 Å². The molecule has 4 nitrogen and oxygen atoms in total. The fourth-order valence-corrected chi connectivity index (χ4v) is 1.79. The van der Waals surface area contributed by atoms with Gasteiger partial charge >= 0.3 is 0 Å². The highest BCUT2D eigenvalue weighted by Gasteiger charge is 2.10. The monoisotopic (exact) mass is 275 g/mol. The Balaban J connectivity index is 2.22. The largest absolute Gasteiger partial charge is 0.373 e. The summed E-state index contributed by atoms with van der Waals surface area (Å²) in [4.78, 5) is 16.3. The number of carbonyl (C=O) groups excluding carboxylic acids is 1. The summed E-state index contributed by atoms with van der Waals surface area (Å²) in [6.07, 6.45) is 0. The van der Waals surface area contributed by atoms with Crippen LogP contribution in [0.25, 0.3) is 0 Å². The molecule has 0 saturated carbocycles. The Morgan fingerprint density at radius 1 is 1.26 bits per heavy atom. The molecule has 2 aromatic rings. The lowest BCUT2D eigenvalue weighted by Crippen LogP contribution is -2.14. The van der Waals surface area contributed by atoms with Gasteiger partial charge in [-0.25, -0.2) is 4.98 Å². The lowest BCUT2D eigenvalue weighted by molar-refractivity contribution is 0.102. The number of pyridine rings is 1. The summed E-state index contributed by atoms with van der Waals surface area (Å²) in [5.41, 5.74) is 1.95. The van der Waals surface area contributed by atoms with Crippen molar-refractivity contribution >= 4 is 29.0 Å². The molecule has 0 radical (unpaired) electrons. The molecule has 0 fully saturated rings. The maximum atomic E-state index is 12.1. The van der Waals surface area contributed by atoms with Crippen LogP contribution in [0.4, 0.5) is 11.5 Å². The molecule has 2 N–H and O–H groups in total. The average molecular weight is 276 g/mol. The van der Waals surface area contributed by atoms with Gasteiger partial charge in [-0.05, 0) is 36.8 Å². The number of halogens is 1. The van der Waals surface area contributed by atoms with Crippen LogP contribution < -0.4 is 10.6 Å². The van der Waals surface area contributed by atoms with Gasteiger partial charge in [0.15, 0.2) is 0 Å². The number of nitrogens with one attached hydrogen (secondary N) is 2. The number of amides is 1. The van der Waals surface area contributed by atoms with Crippen molar-refractivity contribution in [3.63, 3.8) is 0 Å². The number of hydrogen-bond donors (Lipinski definition) is 2. The summed E-state index contributed by atoms with van der Waals surface area (Å²) in [6, 6.07) is 10.7. The van der Waals surface area contributed by atoms with Crippen LogP contribution >= 0.6 is 11.6 Å². The Hall–Kier alpha value is -2.07. The van der Waals surface area contributed by atoms with Gasteiger partial charge in [-0.3, -0.25) is 4.79 Å². The lowest BCUT2D eigenvalue weighted by atomic mass is 10.2. The topological polar surface area (TPSA) is 54.0 Å². The van der Waals surface area contributed by atoms with E-state index in [1.807, 2.05) is 19.1 Å². The summed E-state index contributed by atoms with van der Waals surface area (Å²) in [5, 5.41) is 6.15. The molecule has 0 bridgehead atoms. The molecule has 0 spiro atoms. The second-order valence-corrected chi connectivity index (χ2v) is 4.50. The molecule has 1 heterocycles. The number of hydrogen-bond acceptors (Lipinski definition) is 3. The van der Waals surface area contributed by atoms with E-state index >= 15 is 0 Å². The fourth-order valence-electron chi connectivity index (χ4n) is 1.62. The maximum absolute atomic E-state index is 12.1. The molecule has 1 aromatic heterocycles. The Kier molecular flexibility index (Phi) is 4.02. The molecule has 0 aliphatic rings. The van der Waals surface area contributed by atoms with Crippen molar-refractivity contribution < 1.29 is 4.79 Å². The van der Waals surface area contributed by atoms with E-state index in [0.29, 0.717) is 22.2 Å². The number of rotatable bonds is 3. The van der Waals surface area contributed by atoms with E-state index in [4.69, 9.17) is 11.6 Å². The maximum Gasteiger partial charge on any atom is 0.274 e. The highest BCUT2D eigenvalue weighted by Crippen LogP contribution is 2.23. The van der Waals surface area contributed by atoms with Crippen molar-refractivity contribution in [3.05, 3.63) is 52.7 Å². The van der Waals surface area contributed by atoms with Crippen molar-refractivity contribution in [2.24, 2.45) is 0 Å². The zero-order valence-corrected chi connectivity index (χ0v) is 11.5. The first-order valence-electron chi connectivity index (χ1n) is 5.82. The van der Waals surface area contributed by atoms with Gasteiger partial charge in [0.25, 0.3) is 5.91 Å². The van der Waals surface area contributed by atoms with Crippen LogP contribution in [0.2, 0.25) is 5.02 Å². The zero-order chi connectivity index (χ0) is 13.8. The third-order valence-corrected chi connectivity index (χ3v) is 2.94. The molecule has 19 heavy (non-hydrogen) atoms. The molecule has 98 valence electrons. The first kappa shape index (κ1) is 13.4. The lowest BCUT2D eigenvalue weighted by Gasteiger charge is -2.08.